The van der Waals surface area contributed by atoms with Crippen molar-refractivity contribution < 1.29 is 41.1 Å². The van der Waals surface area contributed by atoms with Gasteiger partial charge in [0, 0.05) is 18.0 Å². The smallest absolute Gasteiger partial charge is 0.493 e. The van der Waals surface area contributed by atoms with Gasteiger partial charge >= 0.3 is 6.36 Å². The molecule has 0 spiro atoms. The van der Waals surface area contributed by atoms with Gasteiger partial charge in [0.05, 0.1) is 16.7 Å². The van der Waals surface area contributed by atoms with E-state index in [-0.39, 0.29) is 28.4 Å². The van der Waals surface area contributed by atoms with Crippen molar-refractivity contribution in [2.24, 2.45) is 5.73 Å². The zero-order chi connectivity index (χ0) is 26.7. The first-order chi connectivity index (χ1) is 16.7. The fraction of sp³-hybridized carbons (Fsp3) is 0.136. The van der Waals surface area contributed by atoms with Gasteiger partial charge < -0.3 is 25.3 Å². The van der Waals surface area contributed by atoms with E-state index in [1.165, 1.54) is 30.5 Å². The lowest BCUT2D eigenvalue weighted by atomic mass is 10.1. The summed E-state index contributed by atoms with van der Waals surface area (Å²) in [6.45, 7) is 1.70. The normalized spacial score (nSPS) is 12.7. The molecule has 0 unspecified atom stereocenters. The number of rotatable bonds is 7. The number of nitrogens with two attached hydrogens (primary N) is 1. The molecule has 0 atom stereocenters. The molecule has 11 heteroatoms. The number of primary amides is 1. The molecule has 1 aromatic heterocycles. The second-order valence-corrected chi connectivity index (χ2v) is 6.61. The number of carbonyl (C=O) groups is 2. The summed E-state index contributed by atoms with van der Waals surface area (Å²) in [6.07, 6.45) is -3.75. The Morgan fingerprint density at radius 2 is 1.82 bits per heavy atom. The fourth-order valence-corrected chi connectivity index (χ4v) is 2.72. The molecule has 1 heterocycles. The van der Waals surface area contributed by atoms with Crippen LogP contribution in [0.25, 0.3) is 0 Å². The molecular formula is C22H18F3N3O5. The minimum absolute atomic E-state index is 0.0112. The van der Waals surface area contributed by atoms with Gasteiger partial charge in [0.25, 0.3) is 11.8 Å². The third kappa shape index (κ3) is 6.12. The van der Waals surface area contributed by atoms with Crippen LogP contribution in [0.1, 0.15) is 30.5 Å². The molecule has 3 aromatic rings. The van der Waals surface area contributed by atoms with Crippen molar-refractivity contribution in [2.75, 3.05) is 12.4 Å². The minimum Gasteiger partial charge on any atom is -0.493 e. The van der Waals surface area contributed by atoms with E-state index in [1.54, 1.807) is 13.0 Å². The average Bonchev–Trinajstić information content (AvgIpc) is 2.74. The highest BCUT2D eigenvalue weighted by atomic mass is 19.4. The van der Waals surface area contributed by atoms with Crippen molar-refractivity contribution in [3.05, 3.63) is 71.5 Å². The molecule has 0 aliphatic rings. The third-order valence-electron chi connectivity index (χ3n) is 4.13. The van der Waals surface area contributed by atoms with Crippen molar-refractivity contribution in [1.82, 2.24) is 4.98 Å². The number of nitrogens with one attached hydrogen (secondary N) is 1. The largest absolute Gasteiger partial charge is 0.573 e. The maximum absolute atomic E-state index is 13.0. The van der Waals surface area contributed by atoms with Gasteiger partial charge in [0.1, 0.15) is 17.2 Å². The summed E-state index contributed by atoms with van der Waals surface area (Å²) in [4.78, 5) is 28.1. The summed E-state index contributed by atoms with van der Waals surface area (Å²) in [6, 6.07) is 9.75. The Balaban J connectivity index is 1.96. The molecule has 2 amide bonds. The number of anilines is 1. The van der Waals surface area contributed by atoms with Crippen LogP contribution in [0.4, 0.5) is 18.9 Å². The standard InChI is InChI=1S/C22H18F3N3O5/c1-12-3-5-17(32-18-6-4-14(11-19(18)31-2)33-22(23,24)25)15(9-12)21(30)28-13-7-8-27-16(10-13)20(26)29/h3-11H,1-2H3,(H2,26,29)(H,27,28,30)/i2D3. The van der Waals surface area contributed by atoms with Gasteiger partial charge in [-0.25, -0.2) is 0 Å². The number of pyridine rings is 1. The van der Waals surface area contributed by atoms with E-state index in [2.05, 4.69) is 15.0 Å². The first-order valence-corrected chi connectivity index (χ1v) is 9.15. The number of hydrogen-bond donors (Lipinski definition) is 2. The zero-order valence-corrected chi connectivity index (χ0v) is 16.9. The SMILES string of the molecule is [2H]C([2H])([2H])Oc1cc(OC(F)(F)F)ccc1Oc1ccc(C)cc1C(=O)Nc1ccnc(C(N)=O)c1. The maximum atomic E-state index is 13.0. The van der Waals surface area contributed by atoms with Crippen LogP contribution in [0, 0.1) is 6.92 Å². The summed E-state index contributed by atoms with van der Waals surface area (Å²) < 4.78 is 74.0. The highest BCUT2D eigenvalue weighted by Gasteiger charge is 2.31. The number of aromatic nitrogens is 1. The van der Waals surface area contributed by atoms with E-state index in [1.807, 2.05) is 0 Å². The molecule has 3 N–H and O–H groups in total. The minimum atomic E-state index is -5.02. The lowest BCUT2D eigenvalue weighted by molar-refractivity contribution is -0.274. The highest BCUT2D eigenvalue weighted by Crippen LogP contribution is 2.37. The molecule has 0 fully saturated rings. The number of amides is 2. The molecule has 172 valence electrons. The lowest BCUT2D eigenvalue weighted by Gasteiger charge is -2.16. The fourth-order valence-electron chi connectivity index (χ4n) is 2.72. The number of nitrogens with zero attached hydrogens (tertiary/aromatic N) is 1. The van der Waals surface area contributed by atoms with Crippen LogP contribution in [0.15, 0.2) is 54.7 Å². The molecule has 3 rings (SSSR count). The third-order valence-corrected chi connectivity index (χ3v) is 4.13. The molecule has 0 saturated heterocycles. The summed E-state index contributed by atoms with van der Waals surface area (Å²) in [5.74, 6) is -3.15. The number of ether oxygens (including phenoxy) is 3. The number of hydrogen-bond acceptors (Lipinski definition) is 6. The number of alkyl halides is 3. The van der Waals surface area contributed by atoms with Crippen LogP contribution < -0.4 is 25.3 Å². The Morgan fingerprint density at radius 1 is 1.06 bits per heavy atom. The lowest BCUT2D eigenvalue weighted by Crippen LogP contribution is -2.17. The second-order valence-electron chi connectivity index (χ2n) is 6.61. The Bertz CT molecular complexity index is 1300. The number of methoxy groups -OCH3 is 1. The van der Waals surface area contributed by atoms with E-state index in [4.69, 9.17) is 19.3 Å². The topological polar surface area (TPSA) is 113 Å². The summed E-state index contributed by atoms with van der Waals surface area (Å²) in [7, 11) is -3.03. The van der Waals surface area contributed by atoms with Gasteiger partial charge in [0.2, 0.25) is 0 Å². The Kier molecular flexibility index (Phi) is 5.57. The first kappa shape index (κ1) is 19.4. The molecule has 8 nitrogen and oxygen atoms in total. The number of carbonyl (C=O) groups excluding carboxylic acids is 2. The van der Waals surface area contributed by atoms with E-state index >= 15 is 0 Å². The van der Waals surface area contributed by atoms with Crippen LogP contribution in [0.3, 0.4) is 0 Å². The van der Waals surface area contributed by atoms with E-state index < -0.39 is 36.7 Å². The van der Waals surface area contributed by atoms with Gasteiger partial charge in [-0.1, -0.05) is 11.6 Å². The van der Waals surface area contributed by atoms with Gasteiger partial charge in [-0.05, 0) is 43.3 Å². The van der Waals surface area contributed by atoms with Crippen molar-refractivity contribution in [3.8, 4) is 23.0 Å². The van der Waals surface area contributed by atoms with Gasteiger partial charge in [-0.3, -0.25) is 14.6 Å². The molecular weight excluding hydrogens is 443 g/mol. The molecule has 0 radical (unpaired) electrons. The van der Waals surface area contributed by atoms with E-state index in [0.717, 1.165) is 12.1 Å². The van der Waals surface area contributed by atoms with Crippen molar-refractivity contribution in [3.63, 3.8) is 0 Å². The predicted octanol–water partition coefficient (Wildman–Crippen LogP) is 4.44. The molecule has 0 saturated carbocycles. The Hall–Kier alpha value is -4.28. The van der Waals surface area contributed by atoms with Crippen LogP contribution >= 0.6 is 0 Å². The molecule has 0 aliphatic heterocycles. The highest BCUT2D eigenvalue weighted by molar-refractivity contribution is 6.06. The van der Waals surface area contributed by atoms with E-state index in [0.29, 0.717) is 11.6 Å². The average molecular weight is 464 g/mol. The van der Waals surface area contributed by atoms with Crippen LogP contribution in [-0.2, 0) is 0 Å². The molecule has 0 aliphatic carbocycles. The quantitative estimate of drug-likeness (QED) is 0.535. The Labute approximate surface area is 190 Å². The second kappa shape index (κ2) is 9.47. The van der Waals surface area contributed by atoms with Gasteiger partial charge in [-0.15, -0.1) is 13.2 Å². The van der Waals surface area contributed by atoms with Crippen LogP contribution in [0.5, 0.6) is 23.0 Å². The Morgan fingerprint density at radius 3 is 2.52 bits per heavy atom. The summed E-state index contributed by atoms with van der Waals surface area (Å²) in [5, 5.41) is 2.56. The first-order valence-electron chi connectivity index (χ1n) is 10.6. The van der Waals surface area contributed by atoms with Crippen molar-refractivity contribution >= 4 is 17.5 Å². The van der Waals surface area contributed by atoms with Crippen LogP contribution in [-0.4, -0.2) is 30.2 Å². The summed E-state index contributed by atoms with van der Waals surface area (Å²) in [5.41, 5.74) is 5.97. The molecule has 0 bridgehead atoms. The van der Waals surface area contributed by atoms with Gasteiger partial charge in [0.15, 0.2) is 11.5 Å². The van der Waals surface area contributed by atoms with Gasteiger partial charge in [-0.2, -0.15) is 0 Å². The zero-order valence-electron chi connectivity index (χ0n) is 19.9. The van der Waals surface area contributed by atoms with Crippen molar-refractivity contribution in [2.45, 2.75) is 13.3 Å². The maximum Gasteiger partial charge on any atom is 0.573 e. The molecule has 33 heavy (non-hydrogen) atoms. The number of benzene rings is 2. The monoisotopic (exact) mass is 464 g/mol. The molecule has 2 aromatic carbocycles. The van der Waals surface area contributed by atoms with Crippen molar-refractivity contribution in [1.29, 1.82) is 0 Å². The number of halogens is 3. The van der Waals surface area contributed by atoms with Crippen LogP contribution in [0.2, 0.25) is 0 Å². The predicted molar refractivity (Wildman–Crippen MR) is 112 cm³/mol. The van der Waals surface area contributed by atoms with E-state index in [9.17, 15) is 22.8 Å². The summed E-state index contributed by atoms with van der Waals surface area (Å²) >= 11 is 0. The number of aryl methyl sites for hydroxylation is 1.